The van der Waals surface area contributed by atoms with Crippen LogP contribution in [0.3, 0.4) is 0 Å². The molecule has 2 atom stereocenters. The van der Waals surface area contributed by atoms with Crippen molar-refractivity contribution < 1.29 is 13.2 Å². The Hall–Kier alpha value is -1.54. The molecule has 6 nitrogen and oxygen atoms in total. The third kappa shape index (κ3) is 4.01. The molecule has 1 aromatic rings. The minimum absolute atomic E-state index is 0.0692. The van der Waals surface area contributed by atoms with Crippen LogP contribution < -0.4 is 9.80 Å². The summed E-state index contributed by atoms with van der Waals surface area (Å²) < 4.78 is 24.3. The van der Waals surface area contributed by atoms with Crippen molar-refractivity contribution in [2.24, 2.45) is 4.99 Å². The average Bonchev–Trinajstić information content (AvgIpc) is 3.07. The fourth-order valence-corrected chi connectivity index (χ4v) is 7.65. The van der Waals surface area contributed by atoms with Gasteiger partial charge in [-0.05, 0) is 44.5 Å². The van der Waals surface area contributed by atoms with Crippen LogP contribution >= 0.6 is 11.8 Å². The second-order valence-electron chi connectivity index (χ2n) is 6.96. The molecule has 2 heterocycles. The summed E-state index contributed by atoms with van der Waals surface area (Å²) in [5.41, 5.74) is 3.14. The Balaban J connectivity index is 2.02. The highest BCUT2D eigenvalue weighted by Gasteiger charge is 2.49. The van der Waals surface area contributed by atoms with E-state index in [1.165, 1.54) is 11.8 Å². The summed E-state index contributed by atoms with van der Waals surface area (Å²) in [6.45, 7) is 9.91. The van der Waals surface area contributed by atoms with Crippen molar-refractivity contribution in [1.29, 1.82) is 0 Å². The summed E-state index contributed by atoms with van der Waals surface area (Å²) >= 11 is 1.42. The fraction of sp³-hybridized carbons (Fsp3) is 0.579. The Morgan fingerprint density at radius 2 is 1.96 bits per heavy atom. The number of carbonyl (C=O) groups excluding carboxylic acids is 1. The third-order valence-corrected chi connectivity index (χ3v) is 8.37. The highest BCUT2D eigenvalue weighted by atomic mass is 32.2. The van der Waals surface area contributed by atoms with E-state index < -0.39 is 9.84 Å². The van der Waals surface area contributed by atoms with Crippen LogP contribution in [-0.4, -0.2) is 55.4 Å². The SMILES string of the molecule is CCC(=O)N=C1SC2CS(=O)(=O)CC2N1c1ccc(N(CC)CC)cc1C. The Labute approximate surface area is 165 Å². The molecule has 0 spiro atoms. The van der Waals surface area contributed by atoms with Gasteiger partial charge in [0.2, 0.25) is 5.91 Å². The number of rotatable bonds is 5. The molecule has 2 aliphatic heterocycles. The molecule has 1 aromatic carbocycles. The maximum atomic E-state index is 12.2. The number of nitrogens with zero attached hydrogens (tertiary/aromatic N) is 3. The fourth-order valence-electron chi connectivity index (χ4n) is 3.73. The van der Waals surface area contributed by atoms with Crippen molar-refractivity contribution in [3.05, 3.63) is 23.8 Å². The van der Waals surface area contributed by atoms with Gasteiger partial charge >= 0.3 is 0 Å². The van der Waals surface area contributed by atoms with E-state index in [9.17, 15) is 13.2 Å². The molecule has 0 aliphatic carbocycles. The number of amides is 1. The monoisotopic (exact) mass is 409 g/mol. The van der Waals surface area contributed by atoms with Crippen LogP contribution in [0.4, 0.5) is 11.4 Å². The molecule has 2 saturated heterocycles. The number of amidine groups is 1. The van der Waals surface area contributed by atoms with Crippen molar-refractivity contribution in [3.63, 3.8) is 0 Å². The smallest absolute Gasteiger partial charge is 0.247 e. The first-order valence-electron chi connectivity index (χ1n) is 9.43. The second kappa shape index (κ2) is 7.83. The van der Waals surface area contributed by atoms with Gasteiger partial charge in [0.25, 0.3) is 0 Å². The van der Waals surface area contributed by atoms with Gasteiger partial charge in [0.1, 0.15) is 0 Å². The quantitative estimate of drug-likeness (QED) is 0.745. The number of sulfone groups is 1. The van der Waals surface area contributed by atoms with Crippen LogP contribution in [0.2, 0.25) is 0 Å². The molecule has 1 amide bonds. The number of carbonyl (C=O) groups is 1. The molecule has 8 heteroatoms. The van der Waals surface area contributed by atoms with E-state index in [4.69, 9.17) is 0 Å². The number of fused-ring (bicyclic) bond motifs is 1. The minimum Gasteiger partial charge on any atom is -0.372 e. The largest absolute Gasteiger partial charge is 0.372 e. The molecule has 0 radical (unpaired) electrons. The molecular weight excluding hydrogens is 382 g/mol. The van der Waals surface area contributed by atoms with Gasteiger partial charge in [-0.15, -0.1) is 0 Å². The number of aryl methyl sites for hydroxylation is 1. The van der Waals surface area contributed by atoms with Gasteiger partial charge in [-0.25, -0.2) is 8.42 Å². The Morgan fingerprint density at radius 3 is 2.56 bits per heavy atom. The number of hydrogen-bond acceptors (Lipinski definition) is 5. The van der Waals surface area contributed by atoms with Crippen LogP contribution in [-0.2, 0) is 14.6 Å². The number of aliphatic imine (C=N–C) groups is 1. The summed E-state index contributed by atoms with van der Waals surface area (Å²) in [4.78, 5) is 20.5. The van der Waals surface area contributed by atoms with E-state index >= 15 is 0 Å². The first-order valence-corrected chi connectivity index (χ1v) is 12.1. The second-order valence-corrected chi connectivity index (χ2v) is 10.3. The lowest BCUT2D eigenvalue weighted by Gasteiger charge is -2.28. The average molecular weight is 410 g/mol. The highest BCUT2D eigenvalue weighted by molar-refractivity contribution is 8.16. The first-order chi connectivity index (χ1) is 12.8. The Morgan fingerprint density at radius 1 is 1.26 bits per heavy atom. The molecule has 2 unspecified atom stereocenters. The first kappa shape index (κ1) is 20.2. The number of anilines is 2. The van der Waals surface area contributed by atoms with Crippen LogP contribution in [0, 0.1) is 6.92 Å². The lowest BCUT2D eigenvalue weighted by molar-refractivity contribution is -0.117. The summed E-state index contributed by atoms with van der Waals surface area (Å²) in [6.07, 6.45) is 0.339. The minimum atomic E-state index is -3.06. The van der Waals surface area contributed by atoms with E-state index in [2.05, 4.69) is 35.9 Å². The van der Waals surface area contributed by atoms with Gasteiger partial charge in [-0.3, -0.25) is 4.79 Å². The maximum Gasteiger partial charge on any atom is 0.247 e. The molecule has 2 fully saturated rings. The normalized spacial score (nSPS) is 25.0. The zero-order valence-corrected chi connectivity index (χ0v) is 17.9. The molecule has 0 N–H and O–H groups in total. The molecule has 0 aromatic heterocycles. The number of thioether (sulfide) groups is 1. The van der Waals surface area contributed by atoms with Crippen LogP contribution in [0.25, 0.3) is 0 Å². The van der Waals surface area contributed by atoms with Crippen molar-refractivity contribution in [1.82, 2.24) is 0 Å². The summed E-state index contributed by atoms with van der Waals surface area (Å²) in [5.74, 6) is 0.0819. The molecular formula is C19H27N3O3S2. The van der Waals surface area contributed by atoms with Crippen LogP contribution in [0.1, 0.15) is 32.8 Å². The summed E-state index contributed by atoms with van der Waals surface area (Å²) in [7, 11) is -3.06. The van der Waals surface area contributed by atoms with Gasteiger partial charge in [-0.2, -0.15) is 4.99 Å². The molecule has 0 saturated carbocycles. The van der Waals surface area contributed by atoms with Crippen molar-refractivity contribution >= 4 is 44.0 Å². The van der Waals surface area contributed by atoms with E-state index in [1.54, 1.807) is 6.92 Å². The van der Waals surface area contributed by atoms with Gasteiger partial charge in [0, 0.05) is 36.1 Å². The lowest BCUT2D eigenvalue weighted by Crippen LogP contribution is -2.38. The number of benzene rings is 1. The van der Waals surface area contributed by atoms with E-state index in [1.807, 2.05) is 17.9 Å². The summed E-state index contributed by atoms with van der Waals surface area (Å²) in [5, 5.41) is 0.561. The zero-order chi connectivity index (χ0) is 19.8. The van der Waals surface area contributed by atoms with E-state index in [0.29, 0.717) is 11.6 Å². The Bertz CT molecular complexity index is 863. The number of hydrogen-bond donors (Lipinski definition) is 0. The van der Waals surface area contributed by atoms with Crippen molar-refractivity contribution in [2.45, 2.75) is 45.4 Å². The zero-order valence-electron chi connectivity index (χ0n) is 16.3. The van der Waals surface area contributed by atoms with Crippen LogP contribution in [0.5, 0.6) is 0 Å². The molecule has 27 heavy (non-hydrogen) atoms. The van der Waals surface area contributed by atoms with Crippen molar-refractivity contribution in [3.8, 4) is 0 Å². The van der Waals surface area contributed by atoms with Gasteiger partial charge < -0.3 is 9.80 Å². The van der Waals surface area contributed by atoms with Gasteiger partial charge in [-0.1, -0.05) is 18.7 Å². The standard InChI is InChI=1S/C19H27N3O3S2/c1-5-18(23)20-19-22(16-11-27(24,25)12-17(16)26-19)15-9-8-14(10-13(15)4)21(6-2)7-3/h8-10,16-17H,5-7,11-12H2,1-4H3. The Kier molecular flexibility index (Phi) is 5.86. The highest BCUT2D eigenvalue weighted by Crippen LogP contribution is 2.42. The van der Waals surface area contributed by atoms with E-state index in [0.717, 1.165) is 30.0 Å². The predicted molar refractivity (Wildman–Crippen MR) is 114 cm³/mol. The lowest BCUT2D eigenvalue weighted by atomic mass is 10.1. The maximum absolute atomic E-state index is 12.2. The predicted octanol–water partition coefficient (Wildman–Crippen LogP) is 2.85. The molecule has 148 valence electrons. The molecule has 2 aliphatic rings. The molecule has 3 rings (SSSR count). The van der Waals surface area contributed by atoms with Gasteiger partial charge in [0.05, 0.1) is 17.5 Å². The summed E-state index contributed by atoms with van der Waals surface area (Å²) in [6, 6.07) is 6.06. The molecule has 0 bridgehead atoms. The van der Waals surface area contributed by atoms with Crippen molar-refractivity contribution in [2.75, 3.05) is 34.4 Å². The van der Waals surface area contributed by atoms with E-state index in [-0.39, 0.29) is 28.7 Å². The van der Waals surface area contributed by atoms with Gasteiger partial charge in [0.15, 0.2) is 15.0 Å². The third-order valence-electron chi connectivity index (χ3n) is 5.16. The topological polar surface area (TPSA) is 70.0 Å². The van der Waals surface area contributed by atoms with Crippen LogP contribution in [0.15, 0.2) is 23.2 Å².